The zero-order valence-corrected chi connectivity index (χ0v) is 23.8. The van der Waals surface area contributed by atoms with Crippen LogP contribution in [0.4, 0.5) is 11.4 Å². The van der Waals surface area contributed by atoms with Crippen LogP contribution in [0.3, 0.4) is 0 Å². The maximum atomic E-state index is 12.0. The number of hydrogen-bond acceptors (Lipinski definition) is 7. The lowest BCUT2D eigenvalue weighted by molar-refractivity contribution is 0.484. The molecule has 0 unspecified atom stereocenters. The highest BCUT2D eigenvalue weighted by atomic mass is 32.2. The molecule has 0 saturated carbocycles. The Balaban J connectivity index is 1.48. The Kier molecular flexibility index (Phi) is 9.05. The van der Waals surface area contributed by atoms with Crippen molar-refractivity contribution in [2.75, 3.05) is 22.0 Å². The van der Waals surface area contributed by atoms with Gasteiger partial charge in [0, 0.05) is 11.5 Å². The molecule has 4 aromatic carbocycles. The minimum Gasteiger partial charge on any atom is -0.455 e. The molecule has 204 valence electrons. The van der Waals surface area contributed by atoms with Crippen molar-refractivity contribution in [1.29, 1.82) is 0 Å². The van der Waals surface area contributed by atoms with Gasteiger partial charge in [-0.15, -0.1) is 0 Å². The minimum absolute atomic E-state index is 0.349. The monoisotopic (exact) mass is 584 g/mol. The number of hydrogen-bond donors (Lipinski definition) is 2. The van der Waals surface area contributed by atoms with E-state index in [1.54, 1.807) is 60.3 Å². The van der Waals surface area contributed by atoms with Crippen molar-refractivity contribution in [2.45, 2.75) is 11.5 Å². The highest BCUT2D eigenvalue weighted by Gasteiger charge is 2.13. The van der Waals surface area contributed by atoms with Gasteiger partial charge in [-0.2, -0.15) is 11.8 Å². The SMILES string of the molecule is CS(=O)(=O)Nc1cc(CSCc2ccc(Oc3ccccc3)c(NS(C)(=O)=O)c2)ccc1Oc1ccccc1. The molecule has 39 heavy (non-hydrogen) atoms. The molecule has 0 aliphatic rings. The Morgan fingerprint density at radius 2 is 0.974 bits per heavy atom. The second-order valence-electron chi connectivity index (χ2n) is 8.73. The molecular weight excluding hydrogens is 557 g/mol. The molecule has 0 amide bonds. The summed E-state index contributed by atoms with van der Waals surface area (Å²) in [5.41, 5.74) is 2.48. The first-order valence-electron chi connectivity index (χ1n) is 11.8. The van der Waals surface area contributed by atoms with E-state index in [4.69, 9.17) is 9.47 Å². The smallest absolute Gasteiger partial charge is 0.229 e. The van der Waals surface area contributed by atoms with Crippen molar-refractivity contribution in [2.24, 2.45) is 0 Å². The molecule has 4 aromatic rings. The standard InChI is InChI=1S/C28H28N2O6S3/c1-38(31,32)29-25-17-21(13-15-27(25)35-23-9-5-3-6-10-23)19-37-20-22-14-16-28(26(18-22)30-39(2,33)34)36-24-11-7-4-8-12-24/h3-18,29-30H,19-20H2,1-2H3. The summed E-state index contributed by atoms with van der Waals surface area (Å²) in [5, 5.41) is 0. The summed E-state index contributed by atoms with van der Waals surface area (Å²) < 4.78 is 64.7. The summed E-state index contributed by atoms with van der Waals surface area (Å²) in [6, 6.07) is 29.0. The summed E-state index contributed by atoms with van der Waals surface area (Å²) in [4.78, 5) is 0. The summed E-state index contributed by atoms with van der Waals surface area (Å²) in [7, 11) is -7.05. The summed E-state index contributed by atoms with van der Waals surface area (Å²) in [6.07, 6.45) is 2.18. The number of rotatable bonds is 12. The topological polar surface area (TPSA) is 111 Å². The van der Waals surface area contributed by atoms with E-state index < -0.39 is 20.0 Å². The fourth-order valence-corrected chi connectivity index (χ4v) is 5.64. The van der Waals surface area contributed by atoms with Crippen LogP contribution in [0.1, 0.15) is 11.1 Å². The number of thioether (sulfide) groups is 1. The van der Waals surface area contributed by atoms with Crippen LogP contribution in [0.15, 0.2) is 97.1 Å². The van der Waals surface area contributed by atoms with E-state index >= 15 is 0 Å². The molecule has 0 atom stereocenters. The van der Waals surface area contributed by atoms with E-state index in [1.165, 1.54) is 0 Å². The van der Waals surface area contributed by atoms with E-state index in [-0.39, 0.29) is 0 Å². The quantitative estimate of drug-likeness (QED) is 0.197. The third kappa shape index (κ3) is 9.24. The third-order valence-corrected chi connectivity index (χ3v) is 7.41. The van der Waals surface area contributed by atoms with Crippen LogP contribution >= 0.6 is 11.8 Å². The van der Waals surface area contributed by atoms with Crippen LogP contribution in [0.25, 0.3) is 0 Å². The van der Waals surface area contributed by atoms with Gasteiger partial charge in [-0.1, -0.05) is 48.5 Å². The van der Waals surface area contributed by atoms with Crippen LogP contribution < -0.4 is 18.9 Å². The highest BCUT2D eigenvalue weighted by Crippen LogP contribution is 2.34. The molecule has 0 aliphatic heterocycles. The van der Waals surface area contributed by atoms with E-state index in [0.717, 1.165) is 23.6 Å². The van der Waals surface area contributed by atoms with Crippen molar-refractivity contribution in [3.63, 3.8) is 0 Å². The number of anilines is 2. The van der Waals surface area contributed by atoms with E-state index in [0.29, 0.717) is 45.9 Å². The van der Waals surface area contributed by atoms with Gasteiger partial charge in [0.2, 0.25) is 20.0 Å². The summed E-state index contributed by atoms with van der Waals surface area (Å²) in [6.45, 7) is 0. The van der Waals surface area contributed by atoms with Gasteiger partial charge in [0.25, 0.3) is 0 Å². The first-order chi connectivity index (χ1) is 18.5. The van der Waals surface area contributed by atoms with Crippen molar-refractivity contribution in [1.82, 2.24) is 0 Å². The number of nitrogens with one attached hydrogen (secondary N) is 2. The third-order valence-electron chi connectivity index (χ3n) is 5.16. The van der Waals surface area contributed by atoms with E-state index in [2.05, 4.69) is 9.44 Å². The van der Waals surface area contributed by atoms with Gasteiger partial charge in [0.05, 0.1) is 23.9 Å². The summed E-state index contributed by atoms with van der Waals surface area (Å²) >= 11 is 1.60. The normalized spacial score (nSPS) is 11.5. The second kappa shape index (κ2) is 12.5. The van der Waals surface area contributed by atoms with Crippen molar-refractivity contribution >= 4 is 43.2 Å². The molecular formula is C28H28N2O6S3. The average Bonchev–Trinajstić information content (AvgIpc) is 2.86. The van der Waals surface area contributed by atoms with E-state index in [1.807, 2.05) is 48.5 Å². The van der Waals surface area contributed by atoms with Gasteiger partial charge in [0.15, 0.2) is 11.5 Å². The molecule has 4 rings (SSSR count). The molecule has 2 N–H and O–H groups in total. The van der Waals surface area contributed by atoms with Crippen LogP contribution in [0.2, 0.25) is 0 Å². The van der Waals surface area contributed by atoms with Gasteiger partial charge in [-0.25, -0.2) is 16.8 Å². The molecule has 0 bridgehead atoms. The first kappa shape index (κ1) is 28.3. The molecule has 8 nitrogen and oxygen atoms in total. The summed E-state index contributed by atoms with van der Waals surface area (Å²) in [5.74, 6) is 3.14. The largest absolute Gasteiger partial charge is 0.455 e. The Morgan fingerprint density at radius 1 is 0.590 bits per heavy atom. The Labute approximate surface area is 233 Å². The van der Waals surface area contributed by atoms with Gasteiger partial charge in [-0.05, 0) is 59.7 Å². The van der Waals surface area contributed by atoms with Crippen molar-refractivity contribution < 1.29 is 26.3 Å². The van der Waals surface area contributed by atoms with Crippen molar-refractivity contribution in [3.05, 3.63) is 108 Å². The molecule has 0 fully saturated rings. The predicted molar refractivity (Wildman–Crippen MR) is 158 cm³/mol. The zero-order chi connectivity index (χ0) is 27.9. The van der Waals surface area contributed by atoms with Crippen LogP contribution in [0, 0.1) is 0 Å². The average molecular weight is 585 g/mol. The van der Waals surface area contributed by atoms with Gasteiger partial charge in [0.1, 0.15) is 11.5 Å². The lowest BCUT2D eigenvalue weighted by Gasteiger charge is -2.15. The molecule has 0 radical (unpaired) electrons. The Hall–Kier alpha value is -3.67. The van der Waals surface area contributed by atoms with Crippen LogP contribution in [-0.4, -0.2) is 29.3 Å². The van der Waals surface area contributed by atoms with Crippen molar-refractivity contribution in [3.8, 4) is 23.0 Å². The lowest BCUT2D eigenvalue weighted by atomic mass is 10.2. The van der Waals surface area contributed by atoms with Gasteiger partial charge >= 0.3 is 0 Å². The molecule has 0 spiro atoms. The van der Waals surface area contributed by atoms with Gasteiger partial charge in [-0.3, -0.25) is 9.44 Å². The second-order valence-corrected chi connectivity index (χ2v) is 13.2. The number of para-hydroxylation sites is 2. The lowest BCUT2D eigenvalue weighted by Crippen LogP contribution is -2.10. The molecule has 0 aromatic heterocycles. The first-order valence-corrected chi connectivity index (χ1v) is 16.7. The molecule has 0 aliphatic carbocycles. The van der Waals surface area contributed by atoms with Crippen LogP contribution in [0.5, 0.6) is 23.0 Å². The molecule has 0 heterocycles. The van der Waals surface area contributed by atoms with E-state index in [9.17, 15) is 16.8 Å². The number of ether oxygens (including phenoxy) is 2. The molecule has 0 saturated heterocycles. The Bertz CT molecular complexity index is 1510. The van der Waals surface area contributed by atoms with Gasteiger partial charge < -0.3 is 9.47 Å². The number of sulfonamides is 2. The fraction of sp³-hybridized carbons (Fsp3) is 0.143. The zero-order valence-electron chi connectivity index (χ0n) is 21.3. The predicted octanol–water partition coefficient (Wildman–Crippen LogP) is 6.45. The maximum absolute atomic E-state index is 12.0. The minimum atomic E-state index is -3.52. The maximum Gasteiger partial charge on any atom is 0.229 e. The number of benzene rings is 4. The van der Waals surface area contributed by atoms with Crippen LogP contribution in [-0.2, 0) is 31.6 Å². The molecule has 11 heteroatoms. The fourth-order valence-electron chi connectivity index (χ4n) is 3.59. The Morgan fingerprint density at radius 3 is 1.33 bits per heavy atom. The highest BCUT2D eigenvalue weighted by molar-refractivity contribution is 7.97.